The van der Waals surface area contributed by atoms with E-state index in [0.29, 0.717) is 12.4 Å². The van der Waals surface area contributed by atoms with Crippen LogP contribution in [0, 0.1) is 5.82 Å². The number of nitrogens with zero attached hydrogens (tertiary/aromatic N) is 1. The van der Waals surface area contributed by atoms with Gasteiger partial charge in [-0.15, -0.1) is 0 Å². The molecule has 1 fully saturated rings. The number of hydrogen-bond acceptors (Lipinski definition) is 3. The van der Waals surface area contributed by atoms with Crippen LogP contribution in [0.3, 0.4) is 0 Å². The molecule has 1 saturated heterocycles. The molecule has 0 radical (unpaired) electrons. The molecule has 0 saturated carbocycles. The smallest absolute Gasteiger partial charge is 0.165 e. The van der Waals surface area contributed by atoms with Crippen LogP contribution in [0.25, 0.3) is 0 Å². The highest BCUT2D eigenvalue weighted by molar-refractivity contribution is 5.23. The lowest BCUT2D eigenvalue weighted by Gasteiger charge is -2.19. The van der Waals surface area contributed by atoms with Crippen molar-refractivity contribution in [2.24, 2.45) is 0 Å². The number of ether oxygens (including phenoxy) is 1. The van der Waals surface area contributed by atoms with Gasteiger partial charge in [-0.25, -0.2) is 4.39 Å². The van der Waals surface area contributed by atoms with Crippen molar-refractivity contribution < 1.29 is 9.13 Å². The fourth-order valence-corrected chi connectivity index (χ4v) is 1.97. The maximum atomic E-state index is 13.3. The number of rotatable bonds is 4. The second-order valence-electron chi connectivity index (χ2n) is 4.22. The van der Waals surface area contributed by atoms with Crippen molar-refractivity contribution in [3.05, 3.63) is 30.1 Å². The molecule has 3 nitrogen and oxygen atoms in total. The van der Waals surface area contributed by atoms with Crippen molar-refractivity contribution in [1.82, 2.24) is 10.2 Å². The van der Waals surface area contributed by atoms with E-state index in [1.807, 2.05) is 0 Å². The van der Waals surface area contributed by atoms with Gasteiger partial charge in [0.05, 0.1) is 0 Å². The molecule has 0 unspecified atom stereocenters. The summed E-state index contributed by atoms with van der Waals surface area (Å²) < 4.78 is 18.7. The maximum Gasteiger partial charge on any atom is 0.165 e. The molecule has 1 aromatic rings. The third-order valence-electron chi connectivity index (χ3n) is 2.93. The molecule has 1 aliphatic rings. The van der Waals surface area contributed by atoms with E-state index in [1.54, 1.807) is 18.2 Å². The number of para-hydroxylation sites is 1. The molecule has 4 heteroatoms. The Morgan fingerprint density at radius 1 is 1.24 bits per heavy atom. The van der Waals surface area contributed by atoms with Crippen molar-refractivity contribution in [3.63, 3.8) is 0 Å². The van der Waals surface area contributed by atoms with Gasteiger partial charge in [0.25, 0.3) is 0 Å². The van der Waals surface area contributed by atoms with Crippen molar-refractivity contribution in [2.75, 3.05) is 39.3 Å². The predicted molar refractivity (Wildman–Crippen MR) is 65.8 cm³/mol. The highest BCUT2D eigenvalue weighted by Gasteiger charge is 2.08. The van der Waals surface area contributed by atoms with Crippen molar-refractivity contribution in [2.45, 2.75) is 6.42 Å². The van der Waals surface area contributed by atoms with Gasteiger partial charge in [-0.3, -0.25) is 4.90 Å². The van der Waals surface area contributed by atoms with Gasteiger partial charge in [0, 0.05) is 19.6 Å². The van der Waals surface area contributed by atoms with Crippen LogP contribution in [-0.2, 0) is 0 Å². The number of nitrogens with one attached hydrogen (secondary N) is 1. The Bertz CT molecular complexity index is 338. The Morgan fingerprint density at radius 3 is 3.00 bits per heavy atom. The first kappa shape index (κ1) is 12.3. The van der Waals surface area contributed by atoms with Crippen molar-refractivity contribution in [3.8, 4) is 5.75 Å². The van der Waals surface area contributed by atoms with Crippen LogP contribution < -0.4 is 10.1 Å². The Balaban J connectivity index is 1.73. The molecule has 2 rings (SSSR count). The summed E-state index contributed by atoms with van der Waals surface area (Å²) in [6.07, 6.45) is 1.17. The van der Waals surface area contributed by atoms with Crippen LogP contribution in [0.1, 0.15) is 6.42 Å². The summed E-state index contributed by atoms with van der Waals surface area (Å²) in [5.41, 5.74) is 0. The number of halogens is 1. The molecule has 0 aromatic heterocycles. The molecule has 1 heterocycles. The summed E-state index contributed by atoms with van der Waals surface area (Å²) in [7, 11) is 0. The zero-order chi connectivity index (χ0) is 11.9. The monoisotopic (exact) mass is 238 g/mol. The third-order valence-corrected chi connectivity index (χ3v) is 2.93. The van der Waals surface area contributed by atoms with Crippen molar-refractivity contribution in [1.29, 1.82) is 0 Å². The van der Waals surface area contributed by atoms with Crippen LogP contribution >= 0.6 is 0 Å². The van der Waals surface area contributed by atoms with Crippen LogP contribution in [0.5, 0.6) is 5.75 Å². The zero-order valence-electron chi connectivity index (χ0n) is 9.99. The standard InChI is InChI=1S/C13H19FN2O/c14-12-4-1-2-5-13(12)17-11-10-16-8-3-6-15-7-9-16/h1-2,4-5,15H,3,6-11H2. The largest absolute Gasteiger partial charge is 0.489 e. The first-order chi connectivity index (χ1) is 8.36. The molecule has 94 valence electrons. The Labute approximate surface area is 102 Å². The minimum absolute atomic E-state index is 0.287. The molecule has 1 aliphatic heterocycles. The summed E-state index contributed by atoms with van der Waals surface area (Å²) in [5.74, 6) is 0.0606. The lowest BCUT2D eigenvalue weighted by atomic mass is 10.3. The van der Waals surface area contributed by atoms with Crippen LogP contribution in [0.15, 0.2) is 24.3 Å². The molecule has 0 bridgehead atoms. The van der Waals surface area contributed by atoms with Gasteiger partial charge >= 0.3 is 0 Å². The van der Waals surface area contributed by atoms with Gasteiger partial charge in [-0.05, 0) is 31.6 Å². The quantitative estimate of drug-likeness (QED) is 0.860. The van der Waals surface area contributed by atoms with E-state index in [2.05, 4.69) is 10.2 Å². The predicted octanol–water partition coefficient (Wildman–Crippen LogP) is 1.50. The Kier molecular flexibility index (Phi) is 4.76. The third kappa shape index (κ3) is 3.98. The molecular weight excluding hydrogens is 219 g/mol. The highest BCUT2D eigenvalue weighted by Crippen LogP contribution is 2.15. The summed E-state index contributed by atoms with van der Waals surface area (Å²) in [5, 5.41) is 3.35. The van der Waals surface area contributed by atoms with Crippen molar-refractivity contribution >= 4 is 0 Å². The molecule has 0 amide bonds. The second kappa shape index (κ2) is 6.57. The van der Waals surface area contributed by atoms with Gasteiger partial charge in [-0.1, -0.05) is 12.1 Å². The van der Waals surface area contributed by atoms with Gasteiger partial charge < -0.3 is 10.1 Å². The van der Waals surface area contributed by atoms with E-state index in [1.165, 1.54) is 12.5 Å². The molecule has 0 atom stereocenters. The highest BCUT2D eigenvalue weighted by atomic mass is 19.1. The lowest BCUT2D eigenvalue weighted by Crippen LogP contribution is -2.31. The summed E-state index contributed by atoms with van der Waals surface area (Å²) in [4.78, 5) is 2.35. The molecule has 0 spiro atoms. The molecule has 0 aliphatic carbocycles. The minimum Gasteiger partial charge on any atom is -0.489 e. The first-order valence-electron chi connectivity index (χ1n) is 6.16. The van der Waals surface area contributed by atoms with E-state index in [-0.39, 0.29) is 5.82 Å². The van der Waals surface area contributed by atoms with E-state index in [9.17, 15) is 4.39 Å². The average Bonchev–Trinajstić information content (AvgIpc) is 2.60. The Hall–Kier alpha value is -1.13. The van der Waals surface area contributed by atoms with Crippen LogP contribution in [0.2, 0.25) is 0 Å². The van der Waals surface area contributed by atoms with E-state index in [4.69, 9.17) is 4.74 Å². The van der Waals surface area contributed by atoms with Crippen LogP contribution in [-0.4, -0.2) is 44.2 Å². The van der Waals surface area contributed by atoms with E-state index >= 15 is 0 Å². The molecule has 1 N–H and O–H groups in total. The normalized spacial score (nSPS) is 17.7. The van der Waals surface area contributed by atoms with Gasteiger partial charge in [0.15, 0.2) is 11.6 Å². The van der Waals surface area contributed by atoms with E-state index in [0.717, 1.165) is 32.7 Å². The first-order valence-corrected chi connectivity index (χ1v) is 6.16. The second-order valence-corrected chi connectivity index (χ2v) is 4.22. The lowest BCUT2D eigenvalue weighted by molar-refractivity contribution is 0.212. The number of hydrogen-bond donors (Lipinski definition) is 1. The number of benzene rings is 1. The maximum absolute atomic E-state index is 13.3. The van der Waals surface area contributed by atoms with Gasteiger partial charge in [0.2, 0.25) is 0 Å². The summed E-state index contributed by atoms with van der Waals surface area (Å²) >= 11 is 0. The summed E-state index contributed by atoms with van der Waals surface area (Å²) in [6.45, 7) is 5.65. The fourth-order valence-electron chi connectivity index (χ4n) is 1.97. The molecule has 17 heavy (non-hydrogen) atoms. The minimum atomic E-state index is -0.287. The van der Waals surface area contributed by atoms with Gasteiger partial charge in [-0.2, -0.15) is 0 Å². The summed E-state index contributed by atoms with van der Waals surface area (Å²) in [6, 6.07) is 6.54. The Morgan fingerprint density at radius 2 is 2.12 bits per heavy atom. The fraction of sp³-hybridized carbons (Fsp3) is 0.538. The average molecular weight is 238 g/mol. The van der Waals surface area contributed by atoms with E-state index < -0.39 is 0 Å². The SMILES string of the molecule is Fc1ccccc1OCCN1CCCNCC1. The molecular formula is C13H19FN2O. The van der Waals surface area contributed by atoms with Crippen LogP contribution in [0.4, 0.5) is 4.39 Å². The van der Waals surface area contributed by atoms with Gasteiger partial charge in [0.1, 0.15) is 6.61 Å². The molecule has 1 aromatic carbocycles. The topological polar surface area (TPSA) is 24.5 Å². The zero-order valence-corrected chi connectivity index (χ0v) is 9.99.